The Balaban J connectivity index is 2.27. The third-order valence-corrected chi connectivity index (χ3v) is 2.98. The Labute approximate surface area is 118 Å². The van der Waals surface area contributed by atoms with Crippen LogP contribution < -0.4 is 5.32 Å². The van der Waals surface area contributed by atoms with E-state index in [-0.39, 0.29) is 5.02 Å². The van der Waals surface area contributed by atoms with Crippen LogP contribution in [0.15, 0.2) is 18.5 Å². The summed E-state index contributed by atoms with van der Waals surface area (Å²) in [6, 6.07) is 1.51. The average molecular weight is 301 g/mol. The van der Waals surface area contributed by atoms with Crippen LogP contribution in [0.5, 0.6) is 0 Å². The lowest BCUT2D eigenvalue weighted by Gasteiger charge is -2.23. The summed E-state index contributed by atoms with van der Waals surface area (Å²) in [7, 11) is 0. The van der Waals surface area contributed by atoms with E-state index in [1.165, 1.54) is 6.33 Å². The molecule has 106 valence electrons. The fourth-order valence-electron chi connectivity index (χ4n) is 1.61. The van der Waals surface area contributed by atoms with E-state index in [0.29, 0.717) is 5.82 Å². The molecule has 0 atom stereocenters. The van der Waals surface area contributed by atoms with Crippen LogP contribution in [0.25, 0.3) is 0 Å². The lowest BCUT2D eigenvalue weighted by Crippen LogP contribution is -2.42. The molecule has 1 aromatic carbocycles. The summed E-state index contributed by atoms with van der Waals surface area (Å²) in [4.78, 5) is 15.9. The second-order valence-electron chi connectivity index (χ2n) is 4.66. The molecule has 0 saturated heterocycles. The summed E-state index contributed by atoms with van der Waals surface area (Å²) >= 11 is 5.43. The number of aromatic nitrogens is 3. The predicted octanol–water partition coefficient (Wildman–Crippen LogP) is 2.40. The molecule has 1 amide bonds. The summed E-state index contributed by atoms with van der Waals surface area (Å²) in [6.07, 6.45) is 1.28. The number of aromatic amines is 1. The standard InChI is InChI=1S/C12H11ClF2N4O/c1-12(2,11-16-5-17-19-11)18-10(20)6-3-9(15)7(13)4-8(6)14/h3-5H,1-2H3,(H,18,20)(H,16,17,19). The van der Waals surface area contributed by atoms with Crippen molar-refractivity contribution in [2.24, 2.45) is 0 Å². The monoisotopic (exact) mass is 300 g/mol. The highest BCUT2D eigenvalue weighted by molar-refractivity contribution is 6.30. The van der Waals surface area contributed by atoms with Crippen LogP contribution in [0.1, 0.15) is 30.0 Å². The van der Waals surface area contributed by atoms with Crippen LogP contribution >= 0.6 is 11.6 Å². The van der Waals surface area contributed by atoms with E-state index in [1.54, 1.807) is 13.8 Å². The summed E-state index contributed by atoms with van der Waals surface area (Å²) in [5.41, 5.74) is -1.35. The van der Waals surface area contributed by atoms with E-state index in [2.05, 4.69) is 20.5 Å². The summed E-state index contributed by atoms with van der Waals surface area (Å²) < 4.78 is 27.0. The molecule has 0 saturated carbocycles. The van der Waals surface area contributed by atoms with Crippen molar-refractivity contribution in [2.45, 2.75) is 19.4 Å². The number of hydrogen-bond acceptors (Lipinski definition) is 3. The number of halogens is 3. The smallest absolute Gasteiger partial charge is 0.255 e. The fourth-order valence-corrected chi connectivity index (χ4v) is 1.76. The van der Waals surface area contributed by atoms with Gasteiger partial charge < -0.3 is 5.32 Å². The molecule has 0 unspecified atom stereocenters. The van der Waals surface area contributed by atoms with Crippen molar-refractivity contribution in [1.29, 1.82) is 0 Å². The van der Waals surface area contributed by atoms with Crippen molar-refractivity contribution in [3.8, 4) is 0 Å². The Hall–Kier alpha value is -2.02. The molecule has 1 aromatic heterocycles. The van der Waals surface area contributed by atoms with Gasteiger partial charge in [0.1, 0.15) is 23.8 Å². The molecular formula is C12H11ClF2N4O. The first-order valence-corrected chi connectivity index (χ1v) is 6.02. The molecule has 0 spiro atoms. The number of H-pyrrole nitrogens is 1. The molecule has 0 aliphatic heterocycles. The van der Waals surface area contributed by atoms with Gasteiger partial charge in [-0.1, -0.05) is 11.6 Å². The van der Waals surface area contributed by atoms with Gasteiger partial charge in [-0.15, -0.1) is 0 Å². The van der Waals surface area contributed by atoms with Gasteiger partial charge in [0.25, 0.3) is 5.91 Å². The van der Waals surface area contributed by atoms with E-state index in [1.807, 2.05) is 0 Å². The molecule has 5 nitrogen and oxygen atoms in total. The second kappa shape index (κ2) is 5.16. The van der Waals surface area contributed by atoms with Crippen molar-refractivity contribution >= 4 is 17.5 Å². The molecule has 8 heteroatoms. The lowest BCUT2D eigenvalue weighted by molar-refractivity contribution is 0.0904. The Bertz CT molecular complexity index is 643. The maximum atomic E-state index is 13.7. The van der Waals surface area contributed by atoms with Crippen molar-refractivity contribution in [1.82, 2.24) is 20.5 Å². The quantitative estimate of drug-likeness (QED) is 0.855. The first kappa shape index (κ1) is 14.4. The number of rotatable bonds is 3. The van der Waals surface area contributed by atoms with Gasteiger partial charge in [0, 0.05) is 0 Å². The molecule has 2 N–H and O–H groups in total. The maximum absolute atomic E-state index is 13.7. The molecule has 0 aliphatic rings. The Morgan fingerprint density at radius 2 is 2.05 bits per heavy atom. The molecule has 20 heavy (non-hydrogen) atoms. The molecule has 2 rings (SSSR count). The van der Waals surface area contributed by atoms with Crippen LogP contribution in [0.2, 0.25) is 5.02 Å². The number of carbonyl (C=O) groups is 1. The average Bonchev–Trinajstić information content (AvgIpc) is 2.87. The predicted molar refractivity (Wildman–Crippen MR) is 68.2 cm³/mol. The highest BCUT2D eigenvalue weighted by atomic mass is 35.5. The SMILES string of the molecule is CC(C)(NC(=O)c1cc(F)c(Cl)cc1F)c1ncn[nH]1. The fraction of sp³-hybridized carbons (Fsp3) is 0.250. The van der Waals surface area contributed by atoms with Gasteiger partial charge in [0.2, 0.25) is 0 Å². The minimum Gasteiger partial charge on any atom is -0.340 e. The number of amides is 1. The molecule has 0 fully saturated rings. The van der Waals surface area contributed by atoms with Crippen molar-refractivity contribution in [3.63, 3.8) is 0 Å². The Morgan fingerprint density at radius 3 is 2.65 bits per heavy atom. The van der Waals surface area contributed by atoms with Gasteiger partial charge in [0.05, 0.1) is 16.1 Å². The van der Waals surface area contributed by atoms with Gasteiger partial charge in [-0.3, -0.25) is 9.89 Å². The molecule has 0 radical (unpaired) electrons. The number of benzene rings is 1. The van der Waals surface area contributed by atoms with Crippen LogP contribution in [0, 0.1) is 11.6 Å². The first-order valence-electron chi connectivity index (χ1n) is 5.64. The van der Waals surface area contributed by atoms with E-state index < -0.39 is 28.6 Å². The number of nitrogens with one attached hydrogen (secondary N) is 2. The van der Waals surface area contributed by atoms with E-state index >= 15 is 0 Å². The van der Waals surface area contributed by atoms with Crippen molar-refractivity contribution in [3.05, 3.63) is 46.5 Å². The number of carbonyl (C=O) groups excluding carboxylic acids is 1. The zero-order valence-electron chi connectivity index (χ0n) is 10.7. The molecule has 0 aliphatic carbocycles. The maximum Gasteiger partial charge on any atom is 0.255 e. The van der Waals surface area contributed by atoms with Crippen LogP contribution in [-0.2, 0) is 5.54 Å². The second-order valence-corrected chi connectivity index (χ2v) is 5.07. The molecule has 1 heterocycles. The zero-order chi connectivity index (χ0) is 14.9. The van der Waals surface area contributed by atoms with Crippen molar-refractivity contribution in [2.75, 3.05) is 0 Å². The molecule has 0 bridgehead atoms. The highest BCUT2D eigenvalue weighted by Gasteiger charge is 2.28. The number of nitrogens with zero attached hydrogens (tertiary/aromatic N) is 2. The van der Waals surface area contributed by atoms with E-state index in [4.69, 9.17) is 11.6 Å². The van der Waals surface area contributed by atoms with Crippen LogP contribution in [0.3, 0.4) is 0 Å². The Kier molecular flexibility index (Phi) is 3.71. The van der Waals surface area contributed by atoms with Crippen LogP contribution in [-0.4, -0.2) is 21.1 Å². The summed E-state index contributed by atoms with van der Waals surface area (Å²) in [5.74, 6) is -2.15. The summed E-state index contributed by atoms with van der Waals surface area (Å²) in [6.45, 7) is 3.30. The first-order chi connectivity index (χ1) is 9.31. The normalized spacial score (nSPS) is 11.4. The lowest BCUT2D eigenvalue weighted by atomic mass is 10.0. The molecule has 2 aromatic rings. The summed E-state index contributed by atoms with van der Waals surface area (Å²) in [5, 5.41) is 8.44. The minimum atomic E-state index is -0.921. The van der Waals surface area contributed by atoms with Crippen molar-refractivity contribution < 1.29 is 13.6 Å². The zero-order valence-corrected chi connectivity index (χ0v) is 11.4. The van der Waals surface area contributed by atoms with Crippen LogP contribution in [0.4, 0.5) is 8.78 Å². The third kappa shape index (κ3) is 2.77. The van der Waals surface area contributed by atoms with Gasteiger partial charge in [-0.05, 0) is 26.0 Å². The molecular weight excluding hydrogens is 290 g/mol. The van der Waals surface area contributed by atoms with Gasteiger partial charge in [-0.25, -0.2) is 13.8 Å². The van der Waals surface area contributed by atoms with Gasteiger partial charge in [-0.2, -0.15) is 5.10 Å². The van der Waals surface area contributed by atoms with E-state index in [9.17, 15) is 13.6 Å². The largest absolute Gasteiger partial charge is 0.340 e. The number of hydrogen-bond donors (Lipinski definition) is 2. The topological polar surface area (TPSA) is 70.7 Å². The van der Waals surface area contributed by atoms with Gasteiger partial charge >= 0.3 is 0 Å². The highest BCUT2D eigenvalue weighted by Crippen LogP contribution is 2.21. The minimum absolute atomic E-state index is 0.381. The Morgan fingerprint density at radius 1 is 1.35 bits per heavy atom. The van der Waals surface area contributed by atoms with Gasteiger partial charge in [0.15, 0.2) is 0 Å². The third-order valence-electron chi connectivity index (χ3n) is 2.69. The van der Waals surface area contributed by atoms with E-state index in [0.717, 1.165) is 12.1 Å².